The van der Waals surface area contributed by atoms with Crippen molar-refractivity contribution < 1.29 is 9.47 Å². The summed E-state index contributed by atoms with van der Waals surface area (Å²) in [7, 11) is 1.74. The molecular weight excluding hydrogens is 428 g/mol. The van der Waals surface area contributed by atoms with Crippen LogP contribution in [-0.4, -0.2) is 13.4 Å². The average molecular weight is 465 g/mol. The highest BCUT2D eigenvalue weighted by Gasteiger charge is 2.35. The van der Waals surface area contributed by atoms with E-state index in [4.69, 9.17) is 9.47 Å². The second kappa shape index (κ2) is 9.87. The molecule has 0 radical (unpaired) electrons. The number of methoxy groups -OCH3 is 1. The zero-order valence-electron chi connectivity index (χ0n) is 21.5. The molecule has 1 aliphatic carbocycles. The van der Waals surface area contributed by atoms with Crippen LogP contribution in [-0.2, 0) is 4.74 Å². The Bertz CT molecular complexity index is 1270. The molecule has 35 heavy (non-hydrogen) atoms. The number of rotatable bonds is 8. The SMILES string of the molecule is COC(Oc1ccc2cc(C(CC(C)C)C(C)C)ccc2c1)C1c2ccccc2-c2ccccc21. The van der Waals surface area contributed by atoms with Crippen molar-refractivity contribution in [2.45, 2.75) is 52.2 Å². The van der Waals surface area contributed by atoms with E-state index in [1.54, 1.807) is 7.11 Å². The smallest absolute Gasteiger partial charge is 0.210 e. The van der Waals surface area contributed by atoms with E-state index in [9.17, 15) is 0 Å². The van der Waals surface area contributed by atoms with E-state index >= 15 is 0 Å². The Morgan fingerprint density at radius 2 is 1.31 bits per heavy atom. The minimum absolute atomic E-state index is 0.0355. The molecule has 2 unspecified atom stereocenters. The molecule has 180 valence electrons. The summed E-state index contributed by atoms with van der Waals surface area (Å²) in [6.45, 7) is 9.29. The molecule has 0 heterocycles. The van der Waals surface area contributed by atoms with Crippen LogP contribution in [0.25, 0.3) is 21.9 Å². The van der Waals surface area contributed by atoms with E-state index in [1.165, 1.54) is 45.0 Å². The minimum Gasteiger partial charge on any atom is -0.464 e. The second-order valence-electron chi connectivity index (χ2n) is 10.6. The number of benzene rings is 4. The largest absolute Gasteiger partial charge is 0.464 e. The maximum absolute atomic E-state index is 6.52. The molecule has 0 fully saturated rings. The van der Waals surface area contributed by atoms with Crippen molar-refractivity contribution in [3.8, 4) is 16.9 Å². The van der Waals surface area contributed by atoms with Crippen LogP contribution in [0.5, 0.6) is 5.75 Å². The van der Waals surface area contributed by atoms with Gasteiger partial charge in [-0.2, -0.15) is 0 Å². The summed E-state index contributed by atoms with van der Waals surface area (Å²) < 4.78 is 12.5. The quantitative estimate of drug-likeness (QED) is 0.243. The van der Waals surface area contributed by atoms with E-state index in [2.05, 4.69) is 113 Å². The summed E-state index contributed by atoms with van der Waals surface area (Å²) in [6, 6.07) is 30.5. The summed E-state index contributed by atoms with van der Waals surface area (Å²) in [6.07, 6.45) is 0.803. The van der Waals surface area contributed by atoms with Crippen LogP contribution in [0.4, 0.5) is 0 Å². The molecule has 4 aromatic carbocycles. The van der Waals surface area contributed by atoms with Gasteiger partial charge in [-0.25, -0.2) is 0 Å². The van der Waals surface area contributed by atoms with Crippen LogP contribution in [0.1, 0.15) is 62.6 Å². The lowest BCUT2D eigenvalue weighted by Crippen LogP contribution is -2.27. The first-order valence-electron chi connectivity index (χ1n) is 12.9. The third-order valence-corrected chi connectivity index (χ3v) is 7.43. The molecule has 2 heteroatoms. The van der Waals surface area contributed by atoms with Gasteiger partial charge in [0.25, 0.3) is 0 Å². The molecule has 0 saturated carbocycles. The first-order chi connectivity index (χ1) is 17.0. The van der Waals surface area contributed by atoms with Crippen molar-refractivity contribution in [2.75, 3.05) is 7.11 Å². The van der Waals surface area contributed by atoms with Crippen LogP contribution in [0.2, 0.25) is 0 Å². The fourth-order valence-electron chi connectivity index (χ4n) is 5.72. The Morgan fingerprint density at radius 3 is 1.91 bits per heavy atom. The second-order valence-corrected chi connectivity index (χ2v) is 10.6. The maximum atomic E-state index is 6.52. The fourth-order valence-corrected chi connectivity index (χ4v) is 5.72. The lowest BCUT2D eigenvalue weighted by atomic mass is 9.81. The van der Waals surface area contributed by atoms with Crippen molar-refractivity contribution in [2.24, 2.45) is 11.8 Å². The highest BCUT2D eigenvalue weighted by molar-refractivity contribution is 5.85. The molecule has 0 amide bonds. The van der Waals surface area contributed by atoms with E-state index in [1.807, 2.05) is 0 Å². The third-order valence-electron chi connectivity index (χ3n) is 7.43. The Balaban J connectivity index is 1.44. The standard InChI is InChI=1S/C33H36O2/c1-21(2)18-31(22(3)4)25-15-14-24-20-26(17-16-23(24)19-25)35-33(34-5)32-29-12-8-6-10-27(29)28-11-7-9-13-30(28)32/h6-17,19-22,31-33H,18H2,1-5H3. The number of hydrogen-bond acceptors (Lipinski definition) is 2. The maximum Gasteiger partial charge on any atom is 0.210 e. The first-order valence-corrected chi connectivity index (χ1v) is 12.9. The summed E-state index contributed by atoms with van der Waals surface area (Å²) in [5, 5.41) is 2.45. The topological polar surface area (TPSA) is 18.5 Å². The lowest BCUT2D eigenvalue weighted by Gasteiger charge is -2.26. The Hall–Kier alpha value is -3.10. The van der Waals surface area contributed by atoms with E-state index in [0.29, 0.717) is 17.8 Å². The first kappa shape index (κ1) is 23.6. The molecule has 0 bridgehead atoms. The summed E-state index contributed by atoms with van der Waals surface area (Å²) in [4.78, 5) is 0. The Kier molecular flexibility index (Phi) is 6.67. The fraction of sp³-hybridized carbons (Fsp3) is 0.333. The van der Waals surface area contributed by atoms with Gasteiger partial charge in [-0.1, -0.05) is 100 Å². The number of ether oxygens (including phenoxy) is 2. The van der Waals surface area contributed by atoms with Gasteiger partial charge in [0.15, 0.2) is 0 Å². The Labute approximate surface area is 209 Å². The van der Waals surface area contributed by atoms with E-state index in [-0.39, 0.29) is 5.92 Å². The third kappa shape index (κ3) is 4.60. The van der Waals surface area contributed by atoms with E-state index < -0.39 is 6.29 Å². The minimum atomic E-state index is -0.409. The van der Waals surface area contributed by atoms with Crippen molar-refractivity contribution >= 4 is 10.8 Å². The molecule has 5 rings (SSSR count). The van der Waals surface area contributed by atoms with Crippen molar-refractivity contribution in [3.63, 3.8) is 0 Å². The van der Waals surface area contributed by atoms with E-state index in [0.717, 1.165) is 5.75 Å². The van der Waals surface area contributed by atoms with Gasteiger partial charge >= 0.3 is 0 Å². The van der Waals surface area contributed by atoms with Crippen molar-refractivity contribution in [1.82, 2.24) is 0 Å². The van der Waals surface area contributed by atoms with Gasteiger partial charge in [-0.05, 0) is 74.9 Å². The highest BCUT2D eigenvalue weighted by Crippen LogP contribution is 2.47. The molecular formula is C33H36O2. The van der Waals surface area contributed by atoms with Gasteiger partial charge in [0, 0.05) is 7.11 Å². The lowest BCUT2D eigenvalue weighted by molar-refractivity contribution is -0.0628. The molecule has 2 atom stereocenters. The molecule has 4 aromatic rings. The van der Waals surface area contributed by atoms with Gasteiger partial charge in [0.1, 0.15) is 5.75 Å². The van der Waals surface area contributed by atoms with Gasteiger partial charge < -0.3 is 9.47 Å². The molecule has 0 aromatic heterocycles. The predicted molar refractivity (Wildman–Crippen MR) is 146 cm³/mol. The normalized spacial score (nSPS) is 14.8. The zero-order valence-corrected chi connectivity index (χ0v) is 21.5. The zero-order chi connectivity index (χ0) is 24.5. The molecule has 2 nitrogen and oxygen atoms in total. The van der Waals surface area contributed by atoms with Gasteiger partial charge in [-0.15, -0.1) is 0 Å². The molecule has 0 N–H and O–H groups in total. The summed E-state index contributed by atoms with van der Waals surface area (Å²) in [5.41, 5.74) is 6.49. The van der Waals surface area contributed by atoms with Gasteiger partial charge in [0.05, 0.1) is 5.92 Å². The summed E-state index contributed by atoms with van der Waals surface area (Å²) in [5.74, 6) is 2.76. The van der Waals surface area contributed by atoms with Crippen LogP contribution in [0.3, 0.4) is 0 Å². The predicted octanol–water partition coefficient (Wildman–Crippen LogP) is 8.79. The van der Waals surface area contributed by atoms with Crippen molar-refractivity contribution in [3.05, 3.63) is 102 Å². The highest BCUT2D eigenvalue weighted by atomic mass is 16.7. The van der Waals surface area contributed by atoms with Crippen LogP contribution >= 0.6 is 0 Å². The van der Waals surface area contributed by atoms with Gasteiger partial charge in [0.2, 0.25) is 6.29 Å². The molecule has 1 aliphatic rings. The van der Waals surface area contributed by atoms with Gasteiger partial charge in [-0.3, -0.25) is 0 Å². The molecule has 0 saturated heterocycles. The Morgan fingerprint density at radius 1 is 0.714 bits per heavy atom. The van der Waals surface area contributed by atoms with Crippen LogP contribution in [0, 0.1) is 11.8 Å². The molecule has 0 spiro atoms. The van der Waals surface area contributed by atoms with Crippen molar-refractivity contribution in [1.29, 1.82) is 0 Å². The summed E-state index contributed by atoms with van der Waals surface area (Å²) >= 11 is 0. The van der Waals surface area contributed by atoms with Crippen LogP contribution in [0.15, 0.2) is 84.9 Å². The average Bonchev–Trinajstić information content (AvgIpc) is 3.20. The molecule has 0 aliphatic heterocycles. The number of hydrogen-bond donors (Lipinski definition) is 0. The number of fused-ring (bicyclic) bond motifs is 4. The monoisotopic (exact) mass is 464 g/mol. The van der Waals surface area contributed by atoms with Crippen LogP contribution < -0.4 is 4.74 Å².